The molecule has 0 saturated heterocycles. The summed E-state index contributed by atoms with van der Waals surface area (Å²) in [6.45, 7) is 8.67. The minimum atomic E-state index is 0.541. The summed E-state index contributed by atoms with van der Waals surface area (Å²) in [6, 6.07) is 69.5. The zero-order valence-electron chi connectivity index (χ0n) is 32.3. The summed E-state index contributed by atoms with van der Waals surface area (Å²) in [6.07, 6.45) is 1.80. The van der Waals surface area contributed by atoms with E-state index in [1.807, 2.05) is 60.7 Å². The van der Waals surface area contributed by atoms with E-state index in [9.17, 15) is 0 Å². The van der Waals surface area contributed by atoms with Gasteiger partial charge < -0.3 is 4.42 Å². The van der Waals surface area contributed by atoms with Gasteiger partial charge >= 0.3 is 0 Å². The van der Waals surface area contributed by atoms with Crippen LogP contribution in [0, 0.1) is 0 Å². The summed E-state index contributed by atoms with van der Waals surface area (Å²) < 4.78 is 6.72. The maximum atomic E-state index is 6.72. The Morgan fingerprint density at radius 1 is 0.441 bits per heavy atom. The summed E-state index contributed by atoms with van der Waals surface area (Å²) in [7, 11) is 0. The number of aliphatic imine (C=N–C) groups is 2. The largest absolute Gasteiger partial charge is 0.456 e. The molecule has 10 aromatic rings. The SMILES string of the molecule is C=CC(=NC(=NC(=C)c1cccc(-c2ccccc2)c1)c1ccccc1)c1cc2oc3cccc(-c4ccc(-c5ccc6ccccc6c5)cc4)c3c2c2ccccc12. The Hall–Kier alpha value is -7.88. The third-order valence-corrected chi connectivity index (χ3v) is 11.1. The Morgan fingerprint density at radius 3 is 1.85 bits per heavy atom. The summed E-state index contributed by atoms with van der Waals surface area (Å²) >= 11 is 0. The minimum absolute atomic E-state index is 0.541. The number of hydrogen-bond donors (Lipinski definition) is 0. The predicted molar refractivity (Wildman–Crippen MR) is 250 cm³/mol. The molecule has 0 amide bonds. The van der Waals surface area contributed by atoms with E-state index >= 15 is 0 Å². The van der Waals surface area contributed by atoms with Crippen LogP contribution in [-0.2, 0) is 0 Å². The van der Waals surface area contributed by atoms with Crippen molar-refractivity contribution >= 4 is 60.7 Å². The highest BCUT2D eigenvalue weighted by Gasteiger charge is 2.19. The van der Waals surface area contributed by atoms with Crippen LogP contribution in [0.3, 0.4) is 0 Å². The second kappa shape index (κ2) is 15.2. The molecule has 278 valence electrons. The van der Waals surface area contributed by atoms with E-state index in [0.29, 0.717) is 17.2 Å². The molecule has 0 atom stereocenters. The summed E-state index contributed by atoms with van der Waals surface area (Å²) in [5.74, 6) is 0.541. The summed E-state index contributed by atoms with van der Waals surface area (Å²) in [5.41, 5.74) is 12.5. The van der Waals surface area contributed by atoms with Crippen molar-refractivity contribution in [2.75, 3.05) is 0 Å². The summed E-state index contributed by atoms with van der Waals surface area (Å²) in [5, 5.41) is 6.75. The number of allylic oxidation sites excluding steroid dienone is 1. The third kappa shape index (κ3) is 6.75. The molecule has 1 heterocycles. The average Bonchev–Trinajstić information content (AvgIpc) is 3.70. The third-order valence-electron chi connectivity index (χ3n) is 11.1. The molecule has 0 bridgehead atoms. The van der Waals surface area contributed by atoms with Gasteiger partial charge in [0, 0.05) is 27.5 Å². The van der Waals surface area contributed by atoms with E-state index in [-0.39, 0.29) is 0 Å². The van der Waals surface area contributed by atoms with Gasteiger partial charge in [0.25, 0.3) is 0 Å². The van der Waals surface area contributed by atoms with Crippen LogP contribution in [0.1, 0.15) is 16.7 Å². The zero-order valence-corrected chi connectivity index (χ0v) is 32.3. The number of rotatable bonds is 8. The Balaban J connectivity index is 1.08. The molecular weight excluding hydrogens is 717 g/mol. The molecule has 0 aliphatic rings. The highest BCUT2D eigenvalue weighted by Crippen LogP contribution is 2.42. The predicted octanol–water partition coefficient (Wildman–Crippen LogP) is 15.0. The molecule has 10 rings (SSSR count). The minimum Gasteiger partial charge on any atom is -0.456 e. The van der Waals surface area contributed by atoms with Gasteiger partial charge in [0.05, 0.1) is 11.4 Å². The lowest BCUT2D eigenvalue weighted by Crippen LogP contribution is -2.06. The van der Waals surface area contributed by atoms with E-state index in [2.05, 4.69) is 153 Å². The fourth-order valence-corrected chi connectivity index (χ4v) is 8.12. The first-order valence-electron chi connectivity index (χ1n) is 19.8. The quantitative estimate of drug-likeness (QED) is 0.112. The molecule has 9 aromatic carbocycles. The van der Waals surface area contributed by atoms with Gasteiger partial charge in [-0.1, -0.05) is 189 Å². The van der Waals surface area contributed by atoms with Crippen molar-refractivity contribution in [3.8, 4) is 33.4 Å². The van der Waals surface area contributed by atoms with Crippen LogP contribution in [0.25, 0.3) is 82.6 Å². The molecule has 3 nitrogen and oxygen atoms in total. The molecule has 0 aliphatic carbocycles. The lowest BCUT2D eigenvalue weighted by atomic mass is 9.93. The molecule has 0 N–H and O–H groups in total. The standard InChI is InChI=1S/C56H38N2O/c1-3-51(58-56(42-19-8-5-9-20-42)57-37(2)43-22-14-23-45(34-43)38-16-6-4-7-17-38)50-36-53-55(49-25-13-12-24-48(49)50)54-47(26-15-27-52(54)59-53)41-31-28-40(29-32-41)46-33-30-39-18-10-11-21-44(39)35-46/h3-36H,1-2H2. The van der Waals surface area contributed by atoms with Crippen LogP contribution in [0.15, 0.2) is 234 Å². The van der Waals surface area contributed by atoms with E-state index in [4.69, 9.17) is 14.4 Å². The normalized spacial score (nSPS) is 12.1. The van der Waals surface area contributed by atoms with Crippen LogP contribution in [0.4, 0.5) is 0 Å². The first kappa shape index (κ1) is 35.5. The number of hydrogen-bond acceptors (Lipinski definition) is 2. The van der Waals surface area contributed by atoms with E-state index < -0.39 is 0 Å². The topological polar surface area (TPSA) is 37.9 Å². The molecule has 0 aliphatic heterocycles. The highest BCUT2D eigenvalue weighted by atomic mass is 16.3. The van der Waals surface area contributed by atoms with E-state index in [0.717, 1.165) is 71.7 Å². The molecule has 3 heteroatoms. The maximum absolute atomic E-state index is 6.72. The monoisotopic (exact) mass is 754 g/mol. The zero-order chi connectivity index (χ0) is 39.7. The molecular formula is C56H38N2O. The van der Waals surface area contributed by atoms with E-state index in [1.165, 1.54) is 21.9 Å². The fraction of sp³-hybridized carbons (Fsp3) is 0. The number of nitrogens with zero attached hydrogens (tertiary/aromatic N) is 2. The lowest BCUT2D eigenvalue weighted by Gasteiger charge is -2.11. The lowest BCUT2D eigenvalue weighted by molar-refractivity contribution is 0.669. The first-order valence-corrected chi connectivity index (χ1v) is 19.8. The molecule has 0 spiro atoms. The van der Waals surface area contributed by atoms with Crippen LogP contribution < -0.4 is 0 Å². The Morgan fingerprint density at radius 2 is 1.05 bits per heavy atom. The first-order chi connectivity index (χ1) is 29.1. The molecule has 1 aromatic heterocycles. The Labute approximate surface area is 343 Å². The van der Waals surface area contributed by atoms with Gasteiger partial charge in [0.15, 0.2) is 5.84 Å². The van der Waals surface area contributed by atoms with E-state index in [1.54, 1.807) is 6.08 Å². The van der Waals surface area contributed by atoms with Gasteiger partial charge in [-0.25, -0.2) is 9.98 Å². The second-order valence-corrected chi connectivity index (χ2v) is 14.7. The number of benzene rings is 9. The second-order valence-electron chi connectivity index (χ2n) is 14.7. The average molecular weight is 755 g/mol. The van der Waals surface area contributed by atoms with Gasteiger partial charge in [-0.3, -0.25) is 0 Å². The molecule has 0 radical (unpaired) electrons. The summed E-state index contributed by atoms with van der Waals surface area (Å²) in [4.78, 5) is 10.3. The van der Waals surface area contributed by atoms with Crippen molar-refractivity contribution in [3.05, 3.63) is 236 Å². The van der Waals surface area contributed by atoms with Gasteiger partial charge in [-0.15, -0.1) is 0 Å². The van der Waals surface area contributed by atoms with Gasteiger partial charge in [0.1, 0.15) is 11.2 Å². The van der Waals surface area contributed by atoms with Crippen molar-refractivity contribution in [3.63, 3.8) is 0 Å². The molecule has 59 heavy (non-hydrogen) atoms. The Bertz CT molecular complexity index is 3280. The van der Waals surface area contributed by atoms with Crippen molar-refractivity contribution in [1.29, 1.82) is 0 Å². The van der Waals surface area contributed by atoms with Gasteiger partial charge in [0.2, 0.25) is 0 Å². The number of amidine groups is 1. The van der Waals surface area contributed by atoms with Crippen molar-refractivity contribution in [2.24, 2.45) is 9.98 Å². The van der Waals surface area contributed by atoms with Crippen molar-refractivity contribution in [2.45, 2.75) is 0 Å². The number of furan rings is 1. The van der Waals surface area contributed by atoms with Crippen LogP contribution in [0.5, 0.6) is 0 Å². The highest BCUT2D eigenvalue weighted by molar-refractivity contribution is 6.29. The van der Waals surface area contributed by atoms with Gasteiger partial charge in [-0.2, -0.15) is 0 Å². The number of fused-ring (bicyclic) bond motifs is 6. The maximum Gasteiger partial charge on any atom is 0.160 e. The van der Waals surface area contributed by atoms with Crippen LogP contribution >= 0.6 is 0 Å². The fourth-order valence-electron chi connectivity index (χ4n) is 8.12. The van der Waals surface area contributed by atoms with Gasteiger partial charge in [-0.05, 0) is 85.3 Å². The van der Waals surface area contributed by atoms with Crippen LogP contribution in [0.2, 0.25) is 0 Å². The van der Waals surface area contributed by atoms with Crippen LogP contribution in [-0.4, -0.2) is 11.5 Å². The molecule has 0 unspecified atom stereocenters. The molecule has 0 saturated carbocycles. The smallest absolute Gasteiger partial charge is 0.160 e. The van der Waals surface area contributed by atoms with Crippen molar-refractivity contribution in [1.82, 2.24) is 0 Å². The van der Waals surface area contributed by atoms with Crippen molar-refractivity contribution < 1.29 is 4.42 Å². The molecule has 0 fully saturated rings. The Kier molecular flexibility index (Phi) is 9.17.